The second-order valence-electron chi connectivity index (χ2n) is 9.58. The second-order valence-corrected chi connectivity index (χ2v) is 10.6. The lowest BCUT2D eigenvalue weighted by Gasteiger charge is -2.35. The molecule has 3 aliphatic rings. The molecule has 0 bridgehead atoms. The van der Waals surface area contributed by atoms with Gasteiger partial charge in [-0.25, -0.2) is 4.79 Å². The Morgan fingerprint density at radius 3 is 2.47 bits per heavy atom. The van der Waals surface area contributed by atoms with Gasteiger partial charge in [0.1, 0.15) is 0 Å². The summed E-state index contributed by atoms with van der Waals surface area (Å²) >= 11 is 1.67. The molecule has 1 fully saturated rings. The summed E-state index contributed by atoms with van der Waals surface area (Å²) in [4.78, 5) is 42.8. The van der Waals surface area contributed by atoms with Gasteiger partial charge < -0.3 is 10.1 Å². The average Bonchev–Trinajstić information content (AvgIpc) is 3.64. The first-order valence-corrected chi connectivity index (χ1v) is 13.1. The van der Waals surface area contributed by atoms with Crippen LogP contribution < -0.4 is 10.2 Å². The number of nitrogens with zero attached hydrogens (tertiary/aromatic N) is 1. The van der Waals surface area contributed by atoms with Crippen molar-refractivity contribution in [1.82, 2.24) is 0 Å². The van der Waals surface area contributed by atoms with Crippen molar-refractivity contribution in [3.63, 3.8) is 0 Å². The number of rotatable bonds is 4. The summed E-state index contributed by atoms with van der Waals surface area (Å²) in [5.74, 6) is -0.273. The lowest BCUT2D eigenvalue weighted by Crippen LogP contribution is -2.39. The normalized spacial score (nSPS) is 21.2. The summed E-state index contributed by atoms with van der Waals surface area (Å²) < 4.78 is 4.86. The number of esters is 1. The van der Waals surface area contributed by atoms with E-state index in [-0.39, 0.29) is 23.5 Å². The lowest BCUT2D eigenvalue weighted by atomic mass is 9.80. The van der Waals surface area contributed by atoms with Gasteiger partial charge in [-0.3, -0.25) is 14.5 Å². The van der Waals surface area contributed by atoms with Crippen LogP contribution in [0.3, 0.4) is 0 Å². The second kappa shape index (κ2) is 9.06. The number of hydrogen-bond donors (Lipinski definition) is 1. The Morgan fingerprint density at radius 1 is 1.00 bits per heavy atom. The van der Waals surface area contributed by atoms with E-state index < -0.39 is 12.0 Å². The van der Waals surface area contributed by atoms with Crippen molar-refractivity contribution in [1.29, 1.82) is 0 Å². The third kappa shape index (κ3) is 3.93. The van der Waals surface area contributed by atoms with Gasteiger partial charge in [-0.1, -0.05) is 30.3 Å². The number of fused-ring (bicyclic) bond motifs is 1. The summed E-state index contributed by atoms with van der Waals surface area (Å²) in [6, 6.07) is 18.4. The number of carbonyl (C=O) groups is 3. The van der Waals surface area contributed by atoms with Gasteiger partial charge in [0.2, 0.25) is 5.91 Å². The van der Waals surface area contributed by atoms with Crippen molar-refractivity contribution in [2.45, 2.75) is 37.6 Å². The number of anilines is 2. The molecule has 1 saturated carbocycles. The third-order valence-electron chi connectivity index (χ3n) is 7.25. The van der Waals surface area contributed by atoms with Crippen molar-refractivity contribution in [3.8, 4) is 0 Å². The molecular formula is C29H26N2O4S. The maximum Gasteiger partial charge on any atom is 0.337 e. The van der Waals surface area contributed by atoms with E-state index in [4.69, 9.17) is 4.74 Å². The van der Waals surface area contributed by atoms with E-state index in [0.29, 0.717) is 24.0 Å². The number of ether oxygens (including phenoxy) is 1. The first-order valence-electron chi connectivity index (χ1n) is 12.2. The summed E-state index contributed by atoms with van der Waals surface area (Å²) in [5.41, 5.74) is 4.32. The Morgan fingerprint density at radius 2 is 1.78 bits per heavy atom. The number of ketones is 1. The van der Waals surface area contributed by atoms with E-state index in [2.05, 4.69) is 11.4 Å². The quantitative estimate of drug-likeness (QED) is 0.457. The molecule has 2 aromatic carbocycles. The highest BCUT2D eigenvalue weighted by Crippen LogP contribution is 2.49. The van der Waals surface area contributed by atoms with Gasteiger partial charge in [0.15, 0.2) is 5.78 Å². The number of methoxy groups -OCH3 is 1. The number of carbonyl (C=O) groups excluding carboxylic acids is 3. The van der Waals surface area contributed by atoms with Crippen LogP contribution in [0.15, 0.2) is 77.3 Å². The number of allylic oxidation sites excluding steroid dienone is 1. The highest BCUT2D eigenvalue weighted by atomic mass is 32.1. The Balaban J connectivity index is 1.53. The van der Waals surface area contributed by atoms with Crippen LogP contribution in [-0.2, 0) is 14.3 Å². The fourth-order valence-electron chi connectivity index (χ4n) is 5.32. The minimum Gasteiger partial charge on any atom is -0.465 e. The topological polar surface area (TPSA) is 75.7 Å². The van der Waals surface area contributed by atoms with E-state index in [1.807, 2.05) is 52.7 Å². The SMILES string of the molecule is COC(=O)c1ccc([C@H]2C3=C(C[C@@H](c4cccs4)CC3=O)Nc3ccccc3N2C(=O)C2CC2)cc1. The van der Waals surface area contributed by atoms with Crippen LogP contribution in [-0.4, -0.2) is 24.8 Å². The smallest absolute Gasteiger partial charge is 0.337 e. The number of benzene rings is 2. The first-order chi connectivity index (χ1) is 17.5. The number of thiophene rings is 1. The molecule has 2 aliphatic carbocycles. The molecule has 1 aromatic heterocycles. The molecule has 7 heteroatoms. The standard InChI is InChI=1S/C29H26N2O4S/c1-35-29(34)19-12-8-17(9-13-19)27-26-22(15-20(16-24(26)32)25-7-4-14-36-25)30-21-5-2-3-6-23(21)31(27)28(33)18-10-11-18/h2-9,12-14,18,20,27,30H,10-11,15-16H2,1H3/t20-,27+/m1/s1. The number of Topliss-reactive ketones (excluding diaryl/α,β-unsaturated/α-hetero) is 1. The maximum atomic E-state index is 13.9. The van der Waals surface area contributed by atoms with E-state index in [0.717, 1.165) is 35.5 Å². The van der Waals surface area contributed by atoms with Crippen LogP contribution in [0.5, 0.6) is 0 Å². The summed E-state index contributed by atoms with van der Waals surface area (Å²) in [6.45, 7) is 0. The van der Waals surface area contributed by atoms with Gasteiger partial charge in [-0.2, -0.15) is 0 Å². The van der Waals surface area contributed by atoms with E-state index in [1.165, 1.54) is 12.0 Å². The zero-order valence-corrected chi connectivity index (χ0v) is 20.7. The van der Waals surface area contributed by atoms with Crippen LogP contribution in [0, 0.1) is 5.92 Å². The molecule has 2 atom stereocenters. The molecule has 1 N–H and O–H groups in total. The highest BCUT2D eigenvalue weighted by Gasteiger charge is 2.45. The highest BCUT2D eigenvalue weighted by molar-refractivity contribution is 7.10. The molecule has 3 aromatic rings. The Bertz CT molecular complexity index is 1370. The number of amides is 1. The fraction of sp³-hybridized carbons (Fsp3) is 0.276. The van der Waals surface area contributed by atoms with Crippen molar-refractivity contribution < 1.29 is 19.1 Å². The lowest BCUT2D eigenvalue weighted by molar-refractivity contribution is -0.120. The molecular weight excluding hydrogens is 472 g/mol. The summed E-state index contributed by atoms with van der Waals surface area (Å²) in [5, 5.41) is 5.60. The minimum absolute atomic E-state index is 0.0328. The Labute approximate surface area is 213 Å². The number of nitrogens with one attached hydrogen (secondary N) is 1. The van der Waals surface area contributed by atoms with Crippen molar-refractivity contribution in [2.75, 3.05) is 17.3 Å². The average molecular weight is 499 g/mol. The van der Waals surface area contributed by atoms with Crippen LogP contribution in [0.4, 0.5) is 11.4 Å². The van der Waals surface area contributed by atoms with Gasteiger partial charge >= 0.3 is 5.97 Å². The zero-order chi connectivity index (χ0) is 24.8. The monoisotopic (exact) mass is 498 g/mol. The predicted molar refractivity (Wildman–Crippen MR) is 139 cm³/mol. The molecule has 36 heavy (non-hydrogen) atoms. The van der Waals surface area contributed by atoms with Crippen molar-refractivity contribution in [2.24, 2.45) is 5.92 Å². The molecule has 0 unspecified atom stereocenters. The van der Waals surface area contributed by atoms with Crippen LogP contribution in [0.2, 0.25) is 0 Å². The molecule has 6 rings (SSSR count). The predicted octanol–water partition coefficient (Wildman–Crippen LogP) is 5.85. The first kappa shape index (κ1) is 22.7. The van der Waals surface area contributed by atoms with Gasteiger partial charge in [-0.15, -0.1) is 11.3 Å². The number of hydrogen-bond acceptors (Lipinski definition) is 6. The summed E-state index contributed by atoms with van der Waals surface area (Å²) in [7, 11) is 1.35. The van der Waals surface area contributed by atoms with Gasteiger partial charge in [0.05, 0.1) is 30.1 Å². The molecule has 0 saturated heterocycles. The van der Waals surface area contributed by atoms with Crippen LogP contribution in [0.1, 0.15) is 58.4 Å². The van der Waals surface area contributed by atoms with Crippen LogP contribution >= 0.6 is 11.3 Å². The molecule has 0 radical (unpaired) electrons. The van der Waals surface area contributed by atoms with Gasteiger partial charge in [0.25, 0.3) is 0 Å². The zero-order valence-electron chi connectivity index (χ0n) is 19.9. The molecule has 2 heterocycles. The van der Waals surface area contributed by atoms with E-state index in [9.17, 15) is 14.4 Å². The minimum atomic E-state index is -0.576. The Kier molecular flexibility index (Phi) is 5.72. The fourth-order valence-corrected chi connectivity index (χ4v) is 6.15. The Hall–Kier alpha value is -3.71. The summed E-state index contributed by atoms with van der Waals surface area (Å²) in [6.07, 6.45) is 2.82. The van der Waals surface area contributed by atoms with E-state index in [1.54, 1.807) is 23.5 Å². The molecule has 0 spiro atoms. The van der Waals surface area contributed by atoms with Gasteiger partial charge in [0, 0.05) is 34.4 Å². The molecule has 1 amide bonds. The van der Waals surface area contributed by atoms with Crippen molar-refractivity contribution in [3.05, 3.63) is 93.3 Å². The molecule has 182 valence electrons. The van der Waals surface area contributed by atoms with Crippen LogP contribution in [0.25, 0.3) is 0 Å². The largest absolute Gasteiger partial charge is 0.465 e. The third-order valence-corrected chi connectivity index (χ3v) is 8.28. The van der Waals surface area contributed by atoms with E-state index >= 15 is 0 Å². The maximum absolute atomic E-state index is 13.9. The van der Waals surface area contributed by atoms with Crippen molar-refractivity contribution >= 4 is 40.4 Å². The molecule has 1 aliphatic heterocycles. The number of para-hydroxylation sites is 2. The van der Waals surface area contributed by atoms with Gasteiger partial charge in [-0.05, 0) is 60.5 Å². The molecule has 6 nitrogen and oxygen atoms in total.